The Bertz CT molecular complexity index is 496. The van der Waals surface area contributed by atoms with Crippen molar-refractivity contribution in [1.29, 1.82) is 0 Å². The molecule has 0 spiro atoms. The van der Waals surface area contributed by atoms with Gasteiger partial charge in [-0.3, -0.25) is 0 Å². The van der Waals surface area contributed by atoms with Crippen LogP contribution in [-0.2, 0) is 4.79 Å². The lowest BCUT2D eigenvalue weighted by Crippen LogP contribution is -1.87. The van der Waals surface area contributed by atoms with Gasteiger partial charge in [-0.05, 0) is 19.1 Å². The molecule has 64 valence electrons. The van der Waals surface area contributed by atoms with Gasteiger partial charge in [-0.15, -0.1) is 10.1 Å². The Morgan fingerprint density at radius 1 is 1.54 bits per heavy atom. The Morgan fingerprint density at radius 2 is 2.38 bits per heavy atom. The van der Waals surface area contributed by atoms with Crippen molar-refractivity contribution < 1.29 is 4.79 Å². The second-order valence-electron chi connectivity index (χ2n) is 2.52. The average Bonchev–Trinajstić information content (AvgIpc) is 2.47. The van der Waals surface area contributed by atoms with E-state index in [9.17, 15) is 4.79 Å². The lowest BCUT2D eigenvalue weighted by Gasteiger charge is -1.92. The van der Waals surface area contributed by atoms with E-state index in [1.54, 1.807) is 25.1 Å². The Morgan fingerprint density at radius 3 is 3.15 bits per heavy atom. The standard InChI is InChI=1S/C8H6N4O/c1-6-10-8-4-2-3-7(9-5-13)12(8)11-6/h2-4H,1H3. The lowest BCUT2D eigenvalue weighted by atomic mass is 10.4. The fraction of sp³-hybridized carbons (Fsp3) is 0.125. The third-order valence-corrected chi connectivity index (χ3v) is 1.61. The fourth-order valence-electron chi connectivity index (χ4n) is 1.13. The van der Waals surface area contributed by atoms with Crippen LogP contribution in [0.1, 0.15) is 5.82 Å². The highest BCUT2D eigenvalue weighted by Gasteiger charge is 2.01. The van der Waals surface area contributed by atoms with Crippen molar-refractivity contribution >= 4 is 17.5 Å². The first-order valence-electron chi connectivity index (χ1n) is 3.71. The molecule has 0 aliphatic heterocycles. The molecule has 0 fully saturated rings. The number of pyridine rings is 1. The third kappa shape index (κ3) is 1.21. The maximum Gasteiger partial charge on any atom is 0.242 e. The van der Waals surface area contributed by atoms with Gasteiger partial charge in [0.1, 0.15) is 5.82 Å². The summed E-state index contributed by atoms with van der Waals surface area (Å²) in [6.45, 7) is 1.78. The van der Waals surface area contributed by atoms with Crippen LogP contribution in [0.25, 0.3) is 5.65 Å². The van der Waals surface area contributed by atoms with Crippen LogP contribution in [0.4, 0.5) is 5.82 Å². The summed E-state index contributed by atoms with van der Waals surface area (Å²) in [6, 6.07) is 5.23. The SMILES string of the molecule is Cc1nc2cccc(N=C=O)n2n1. The Hall–Kier alpha value is -2.00. The molecule has 0 bridgehead atoms. The quantitative estimate of drug-likeness (QED) is 0.478. The van der Waals surface area contributed by atoms with Crippen LogP contribution in [0.2, 0.25) is 0 Å². The minimum atomic E-state index is 0.438. The largest absolute Gasteiger partial charge is 0.242 e. The Balaban J connectivity index is 2.81. The van der Waals surface area contributed by atoms with E-state index in [0.717, 1.165) is 0 Å². The molecule has 0 N–H and O–H groups in total. The van der Waals surface area contributed by atoms with Crippen LogP contribution in [0.3, 0.4) is 0 Å². The van der Waals surface area contributed by atoms with Crippen LogP contribution in [0.5, 0.6) is 0 Å². The van der Waals surface area contributed by atoms with E-state index < -0.39 is 0 Å². The van der Waals surface area contributed by atoms with E-state index in [4.69, 9.17) is 0 Å². The molecule has 13 heavy (non-hydrogen) atoms. The number of nitrogens with zero attached hydrogens (tertiary/aromatic N) is 4. The number of aryl methyl sites for hydroxylation is 1. The maximum atomic E-state index is 10.1. The number of carbonyl (C=O) groups excluding carboxylic acids is 1. The van der Waals surface area contributed by atoms with E-state index in [1.807, 2.05) is 0 Å². The van der Waals surface area contributed by atoms with Crippen LogP contribution >= 0.6 is 0 Å². The monoisotopic (exact) mass is 174 g/mol. The highest BCUT2D eigenvalue weighted by atomic mass is 16.1. The molecule has 2 aromatic rings. The molecule has 0 aromatic carbocycles. The van der Waals surface area contributed by atoms with Crippen molar-refractivity contribution in [3.05, 3.63) is 24.0 Å². The van der Waals surface area contributed by atoms with Crippen LogP contribution in [0, 0.1) is 6.92 Å². The number of isocyanates is 1. The van der Waals surface area contributed by atoms with Crippen molar-refractivity contribution in [1.82, 2.24) is 14.6 Å². The first-order chi connectivity index (χ1) is 6.31. The first-order valence-corrected chi connectivity index (χ1v) is 3.71. The molecule has 0 unspecified atom stereocenters. The molecule has 0 atom stereocenters. The highest BCUT2D eigenvalue weighted by molar-refractivity contribution is 5.50. The number of aliphatic imine (C=N–C) groups is 1. The molecule has 0 amide bonds. The molecule has 2 aromatic heterocycles. The van der Waals surface area contributed by atoms with Gasteiger partial charge in [-0.25, -0.2) is 9.78 Å². The van der Waals surface area contributed by atoms with Crippen molar-refractivity contribution in [2.45, 2.75) is 6.92 Å². The van der Waals surface area contributed by atoms with Gasteiger partial charge in [0.15, 0.2) is 11.5 Å². The second kappa shape index (κ2) is 2.80. The van der Waals surface area contributed by atoms with E-state index in [-0.39, 0.29) is 0 Å². The predicted molar refractivity (Wildman–Crippen MR) is 45.5 cm³/mol. The summed E-state index contributed by atoms with van der Waals surface area (Å²) in [7, 11) is 0. The molecule has 5 nitrogen and oxygen atoms in total. The van der Waals surface area contributed by atoms with E-state index in [0.29, 0.717) is 17.3 Å². The van der Waals surface area contributed by atoms with Crippen molar-refractivity contribution in [3.63, 3.8) is 0 Å². The van der Waals surface area contributed by atoms with Gasteiger partial charge in [0.25, 0.3) is 0 Å². The number of rotatable bonds is 1. The van der Waals surface area contributed by atoms with E-state index >= 15 is 0 Å². The Kier molecular flexibility index (Phi) is 1.65. The molecule has 2 heterocycles. The Labute approximate surface area is 73.7 Å². The lowest BCUT2D eigenvalue weighted by molar-refractivity contribution is 0.565. The zero-order valence-electron chi connectivity index (χ0n) is 6.93. The predicted octanol–water partition coefficient (Wildman–Crippen LogP) is 1.01. The van der Waals surface area contributed by atoms with E-state index in [2.05, 4.69) is 15.1 Å². The molecule has 2 rings (SSSR count). The van der Waals surface area contributed by atoms with Gasteiger partial charge in [-0.1, -0.05) is 6.07 Å². The smallest absolute Gasteiger partial charge is 0.212 e. The second-order valence-corrected chi connectivity index (χ2v) is 2.52. The normalized spacial score (nSPS) is 9.92. The zero-order valence-corrected chi connectivity index (χ0v) is 6.93. The maximum absolute atomic E-state index is 10.1. The first kappa shape index (κ1) is 7.64. The number of hydrogen-bond donors (Lipinski definition) is 0. The van der Waals surface area contributed by atoms with Gasteiger partial charge in [0.2, 0.25) is 6.08 Å². The number of aromatic nitrogens is 3. The zero-order chi connectivity index (χ0) is 9.26. The molecule has 5 heteroatoms. The van der Waals surface area contributed by atoms with Gasteiger partial charge in [0.05, 0.1) is 0 Å². The number of fused-ring (bicyclic) bond motifs is 1. The third-order valence-electron chi connectivity index (χ3n) is 1.61. The van der Waals surface area contributed by atoms with Gasteiger partial charge >= 0.3 is 0 Å². The van der Waals surface area contributed by atoms with E-state index in [1.165, 1.54) is 10.6 Å². The van der Waals surface area contributed by atoms with Crippen molar-refractivity contribution in [2.75, 3.05) is 0 Å². The highest BCUT2D eigenvalue weighted by Crippen LogP contribution is 2.12. The summed E-state index contributed by atoms with van der Waals surface area (Å²) in [5, 5.41) is 4.06. The summed E-state index contributed by atoms with van der Waals surface area (Å²) >= 11 is 0. The molecule has 0 aliphatic rings. The molecular weight excluding hydrogens is 168 g/mol. The molecule has 0 saturated carbocycles. The molecule has 0 saturated heterocycles. The molecule has 0 aliphatic carbocycles. The summed E-state index contributed by atoms with van der Waals surface area (Å²) in [6.07, 6.45) is 1.47. The summed E-state index contributed by atoms with van der Waals surface area (Å²) in [5.41, 5.74) is 0.675. The summed E-state index contributed by atoms with van der Waals surface area (Å²) in [5.74, 6) is 1.08. The summed E-state index contributed by atoms with van der Waals surface area (Å²) < 4.78 is 1.50. The van der Waals surface area contributed by atoms with Gasteiger partial charge < -0.3 is 0 Å². The van der Waals surface area contributed by atoms with Crippen molar-refractivity contribution in [2.24, 2.45) is 4.99 Å². The fourth-order valence-corrected chi connectivity index (χ4v) is 1.13. The minimum Gasteiger partial charge on any atom is -0.212 e. The van der Waals surface area contributed by atoms with Gasteiger partial charge in [-0.2, -0.15) is 4.52 Å². The minimum absolute atomic E-state index is 0.438. The van der Waals surface area contributed by atoms with Crippen LogP contribution in [0.15, 0.2) is 23.2 Å². The topological polar surface area (TPSA) is 59.6 Å². The van der Waals surface area contributed by atoms with Gasteiger partial charge in [0, 0.05) is 0 Å². The van der Waals surface area contributed by atoms with Crippen molar-refractivity contribution in [3.8, 4) is 0 Å². The summed E-state index contributed by atoms with van der Waals surface area (Å²) in [4.78, 5) is 17.7. The van der Waals surface area contributed by atoms with Crippen LogP contribution in [-0.4, -0.2) is 20.7 Å². The molecular formula is C8H6N4O. The molecule has 0 radical (unpaired) electrons. The average molecular weight is 174 g/mol. The number of hydrogen-bond acceptors (Lipinski definition) is 4. The van der Waals surface area contributed by atoms with Crippen LogP contribution < -0.4 is 0 Å².